The first-order chi connectivity index (χ1) is 23.8. The van der Waals surface area contributed by atoms with Crippen molar-refractivity contribution in [3.8, 4) is 77.1 Å². The largest absolute Gasteiger partial charge is 0.465 e. The molecule has 7 rings (SSSR count). The van der Waals surface area contributed by atoms with Crippen LogP contribution >= 0.6 is 22.7 Å². The zero-order valence-corrected chi connectivity index (χ0v) is 28.2. The van der Waals surface area contributed by atoms with Gasteiger partial charge in [-0.15, -0.1) is 22.7 Å². The Bertz CT molecular complexity index is 1970. The summed E-state index contributed by atoms with van der Waals surface area (Å²) in [5.41, 5.74) is 10.2. The second kappa shape index (κ2) is 14.8. The number of benzene rings is 4. The highest BCUT2D eigenvalue weighted by Gasteiger charge is 2.22. The van der Waals surface area contributed by atoms with Gasteiger partial charge in [0.15, 0.2) is 13.6 Å². The molecule has 0 aliphatic heterocycles. The topological polar surface area (TPSA) is 49.8 Å². The van der Waals surface area contributed by atoms with E-state index >= 15 is 0 Å². The maximum absolute atomic E-state index is 6.24. The quantitative estimate of drug-likeness (QED) is 0.121. The Balaban J connectivity index is 1.32. The molecule has 0 atom stereocenters. The minimum Gasteiger partial charge on any atom is -0.465 e. The lowest BCUT2D eigenvalue weighted by Gasteiger charge is -2.15. The van der Waals surface area contributed by atoms with Gasteiger partial charge in [-0.2, -0.15) is 0 Å². The standard InChI is InChI=1S/C41H33NO4S2/c1-43-26-45-38-34(28-14-5-3-6-15-28)24-47-40(38)32-20-11-9-18-30(32)36-22-13-23-37(42-36)31-19-10-12-21-33(31)41-39(46-27-44-2)35(25-48-41)29-16-7-4-8-17-29/h3-25H,26-27H2,1-2H3. The lowest BCUT2D eigenvalue weighted by molar-refractivity contribution is 0.0520. The molecule has 4 aromatic carbocycles. The molecule has 0 N–H and O–H groups in total. The Labute approximate surface area is 288 Å². The number of nitrogens with zero attached hydrogens (tertiary/aromatic N) is 1. The molecule has 5 nitrogen and oxygen atoms in total. The Morgan fingerprint density at radius 3 is 1.25 bits per heavy atom. The van der Waals surface area contributed by atoms with E-state index in [9.17, 15) is 0 Å². The van der Waals surface area contributed by atoms with Crippen LogP contribution in [0.5, 0.6) is 11.5 Å². The monoisotopic (exact) mass is 667 g/mol. The molecule has 0 radical (unpaired) electrons. The highest BCUT2D eigenvalue weighted by molar-refractivity contribution is 7.15. The van der Waals surface area contributed by atoms with Gasteiger partial charge in [0.25, 0.3) is 0 Å². The zero-order valence-electron chi connectivity index (χ0n) is 26.6. The molecule has 0 saturated carbocycles. The number of thiophene rings is 2. The molecule has 0 fully saturated rings. The Morgan fingerprint density at radius 2 is 0.833 bits per heavy atom. The van der Waals surface area contributed by atoms with E-state index in [-0.39, 0.29) is 13.6 Å². The van der Waals surface area contributed by atoms with Crippen LogP contribution in [0.2, 0.25) is 0 Å². The second-order valence-electron chi connectivity index (χ2n) is 10.9. The molecule has 7 heteroatoms. The average molecular weight is 668 g/mol. The predicted octanol–water partition coefficient (Wildman–Crippen LogP) is 11.2. The van der Waals surface area contributed by atoms with E-state index in [2.05, 4.69) is 102 Å². The second-order valence-corrected chi connectivity index (χ2v) is 12.7. The van der Waals surface area contributed by atoms with Crippen molar-refractivity contribution >= 4 is 22.7 Å². The van der Waals surface area contributed by atoms with Gasteiger partial charge in [0.2, 0.25) is 0 Å². The number of hydrogen-bond donors (Lipinski definition) is 0. The van der Waals surface area contributed by atoms with Crippen LogP contribution < -0.4 is 9.47 Å². The molecule has 0 aliphatic carbocycles. The number of ether oxygens (including phenoxy) is 4. The van der Waals surface area contributed by atoms with Crippen LogP contribution in [0, 0.1) is 0 Å². The third kappa shape index (κ3) is 6.41. The van der Waals surface area contributed by atoms with Crippen molar-refractivity contribution in [2.24, 2.45) is 0 Å². The summed E-state index contributed by atoms with van der Waals surface area (Å²) in [4.78, 5) is 7.33. The van der Waals surface area contributed by atoms with Crippen LogP contribution in [0.25, 0.3) is 65.6 Å². The van der Waals surface area contributed by atoms with Gasteiger partial charge in [-0.1, -0.05) is 115 Å². The van der Waals surface area contributed by atoms with Crippen LogP contribution in [-0.4, -0.2) is 32.8 Å². The van der Waals surface area contributed by atoms with Gasteiger partial charge in [0, 0.05) is 58.4 Å². The molecule has 0 unspecified atom stereocenters. The van der Waals surface area contributed by atoms with E-state index in [1.54, 1.807) is 36.9 Å². The predicted molar refractivity (Wildman–Crippen MR) is 198 cm³/mol. The molecular weight excluding hydrogens is 635 g/mol. The molecule has 3 heterocycles. The number of aromatic nitrogens is 1. The van der Waals surface area contributed by atoms with Gasteiger partial charge >= 0.3 is 0 Å². The number of pyridine rings is 1. The summed E-state index contributed by atoms with van der Waals surface area (Å²) in [7, 11) is 3.28. The van der Waals surface area contributed by atoms with Gasteiger partial charge < -0.3 is 18.9 Å². The van der Waals surface area contributed by atoms with Crippen molar-refractivity contribution in [3.05, 3.63) is 138 Å². The molecule has 7 aromatic rings. The van der Waals surface area contributed by atoms with Crippen molar-refractivity contribution < 1.29 is 18.9 Å². The fraction of sp³-hybridized carbons (Fsp3) is 0.0976. The number of methoxy groups -OCH3 is 2. The van der Waals surface area contributed by atoms with Crippen LogP contribution in [0.15, 0.2) is 138 Å². The first kappa shape index (κ1) is 31.5. The molecule has 3 aromatic heterocycles. The summed E-state index contributed by atoms with van der Waals surface area (Å²) in [5, 5.41) is 4.31. The molecule has 0 aliphatic rings. The summed E-state index contributed by atoms with van der Waals surface area (Å²) in [5.74, 6) is 1.61. The first-order valence-electron chi connectivity index (χ1n) is 15.5. The van der Waals surface area contributed by atoms with Gasteiger partial charge in [-0.3, -0.25) is 0 Å². The normalized spacial score (nSPS) is 11.0. The number of hydrogen-bond acceptors (Lipinski definition) is 7. The molecule has 0 spiro atoms. The summed E-state index contributed by atoms with van der Waals surface area (Å²) < 4.78 is 23.1. The van der Waals surface area contributed by atoms with Crippen LogP contribution in [0.4, 0.5) is 0 Å². The van der Waals surface area contributed by atoms with Gasteiger partial charge in [-0.25, -0.2) is 4.98 Å². The van der Waals surface area contributed by atoms with Crippen molar-refractivity contribution in [3.63, 3.8) is 0 Å². The SMILES string of the molecule is COCOc1c(-c2ccccc2)csc1-c1ccccc1-c1cccc(-c2ccccc2-c2scc(-c3ccccc3)c2OCOC)n1. The van der Waals surface area contributed by atoms with Crippen molar-refractivity contribution in [2.45, 2.75) is 0 Å². The van der Waals surface area contributed by atoms with E-state index in [1.807, 2.05) is 36.4 Å². The Hall–Kier alpha value is -5.05. The third-order valence-electron chi connectivity index (χ3n) is 7.95. The number of rotatable bonds is 12. The van der Waals surface area contributed by atoms with E-state index in [1.165, 1.54) is 0 Å². The van der Waals surface area contributed by atoms with Crippen LogP contribution in [0.1, 0.15) is 0 Å². The molecule has 0 amide bonds. The summed E-state index contributed by atoms with van der Waals surface area (Å²) in [6.45, 7) is 0.308. The van der Waals surface area contributed by atoms with Crippen LogP contribution in [0.3, 0.4) is 0 Å². The highest BCUT2D eigenvalue weighted by atomic mass is 32.1. The average Bonchev–Trinajstić information content (AvgIpc) is 3.78. The van der Waals surface area contributed by atoms with Crippen molar-refractivity contribution in [2.75, 3.05) is 27.8 Å². The Morgan fingerprint density at radius 1 is 0.438 bits per heavy atom. The van der Waals surface area contributed by atoms with Crippen LogP contribution in [-0.2, 0) is 9.47 Å². The molecule has 0 saturated heterocycles. The minimum absolute atomic E-state index is 0.154. The lowest BCUT2D eigenvalue weighted by atomic mass is 9.98. The van der Waals surface area contributed by atoms with E-state index in [0.29, 0.717) is 0 Å². The zero-order chi connectivity index (χ0) is 32.7. The van der Waals surface area contributed by atoms with Crippen molar-refractivity contribution in [1.29, 1.82) is 0 Å². The molecular formula is C41H33NO4S2. The lowest BCUT2D eigenvalue weighted by Crippen LogP contribution is -2.00. The first-order valence-corrected chi connectivity index (χ1v) is 17.3. The van der Waals surface area contributed by atoms with E-state index in [4.69, 9.17) is 23.9 Å². The fourth-order valence-corrected chi connectivity index (χ4v) is 7.89. The molecule has 238 valence electrons. The molecule has 0 bridgehead atoms. The smallest absolute Gasteiger partial charge is 0.188 e. The van der Waals surface area contributed by atoms with E-state index < -0.39 is 0 Å². The highest BCUT2D eigenvalue weighted by Crippen LogP contribution is 2.49. The summed E-state index contributed by atoms with van der Waals surface area (Å²) in [6, 6.07) is 43.5. The van der Waals surface area contributed by atoms with Crippen molar-refractivity contribution in [1.82, 2.24) is 4.98 Å². The Kier molecular flexibility index (Phi) is 9.72. The van der Waals surface area contributed by atoms with E-state index in [0.717, 1.165) is 77.1 Å². The fourth-order valence-electron chi connectivity index (χ4n) is 5.77. The van der Waals surface area contributed by atoms with Gasteiger partial charge in [0.05, 0.1) is 21.1 Å². The maximum atomic E-state index is 6.24. The summed E-state index contributed by atoms with van der Waals surface area (Å²) >= 11 is 3.32. The summed E-state index contributed by atoms with van der Waals surface area (Å²) in [6.07, 6.45) is 0. The van der Waals surface area contributed by atoms with Gasteiger partial charge in [0.1, 0.15) is 11.5 Å². The third-order valence-corrected chi connectivity index (χ3v) is 9.94. The molecule has 48 heavy (non-hydrogen) atoms. The van der Waals surface area contributed by atoms with Gasteiger partial charge in [-0.05, 0) is 23.3 Å². The minimum atomic E-state index is 0.154. The maximum Gasteiger partial charge on any atom is 0.188 e.